The molecule has 0 bridgehead atoms. The zero-order valence-corrected chi connectivity index (χ0v) is 13.7. The van der Waals surface area contributed by atoms with E-state index in [1.54, 1.807) is 0 Å². The van der Waals surface area contributed by atoms with Crippen LogP contribution in [0, 0.1) is 0 Å². The van der Waals surface area contributed by atoms with Crippen LogP contribution in [0.1, 0.15) is 37.7 Å². The van der Waals surface area contributed by atoms with E-state index in [2.05, 4.69) is 33.6 Å². The first kappa shape index (κ1) is 16.0. The molecule has 0 aliphatic heterocycles. The highest BCUT2D eigenvalue weighted by atomic mass is 32.1. The summed E-state index contributed by atoms with van der Waals surface area (Å²) in [5, 5.41) is 7.58. The number of hydrogen-bond acceptors (Lipinski definition) is 2. The van der Waals surface area contributed by atoms with Gasteiger partial charge < -0.3 is 10.6 Å². The van der Waals surface area contributed by atoms with Crippen LogP contribution in [-0.4, -0.2) is 16.3 Å². The predicted molar refractivity (Wildman–Crippen MR) is 94.8 cm³/mol. The first-order valence-corrected chi connectivity index (χ1v) is 8.20. The Morgan fingerprint density at radius 1 is 0.952 bits per heavy atom. The molecule has 21 heavy (non-hydrogen) atoms. The van der Waals surface area contributed by atoms with Crippen molar-refractivity contribution in [1.82, 2.24) is 21.5 Å². The molecule has 1 aliphatic rings. The van der Waals surface area contributed by atoms with Gasteiger partial charge in [0.15, 0.2) is 10.2 Å². The minimum absolute atomic E-state index is 0.492. The van der Waals surface area contributed by atoms with Crippen molar-refractivity contribution < 1.29 is 0 Å². The van der Waals surface area contributed by atoms with Gasteiger partial charge in [-0.2, -0.15) is 0 Å². The van der Waals surface area contributed by atoms with Gasteiger partial charge >= 0.3 is 0 Å². The topological polar surface area (TPSA) is 48.1 Å². The average Bonchev–Trinajstić information content (AvgIpc) is 2.53. The van der Waals surface area contributed by atoms with Crippen LogP contribution in [-0.2, 0) is 6.54 Å². The Labute approximate surface area is 137 Å². The number of hydrazine groups is 1. The van der Waals surface area contributed by atoms with Crippen molar-refractivity contribution in [1.29, 1.82) is 0 Å². The minimum Gasteiger partial charge on any atom is -0.359 e. The van der Waals surface area contributed by atoms with Crippen LogP contribution in [0.4, 0.5) is 0 Å². The van der Waals surface area contributed by atoms with E-state index in [-0.39, 0.29) is 0 Å². The third kappa shape index (κ3) is 6.27. The largest absolute Gasteiger partial charge is 0.359 e. The fourth-order valence-electron chi connectivity index (χ4n) is 2.40. The van der Waals surface area contributed by atoms with Gasteiger partial charge in [-0.15, -0.1) is 0 Å². The van der Waals surface area contributed by atoms with E-state index in [4.69, 9.17) is 24.4 Å². The number of hydrogen-bond donors (Lipinski definition) is 4. The van der Waals surface area contributed by atoms with Crippen molar-refractivity contribution >= 4 is 34.7 Å². The monoisotopic (exact) mass is 322 g/mol. The molecular formula is C15H22N4S2. The van der Waals surface area contributed by atoms with Crippen LogP contribution < -0.4 is 21.5 Å². The third-order valence-corrected chi connectivity index (χ3v) is 3.99. The fraction of sp³-hybridized carbons (Fsp3) is 0.467. The second-order valence-corrected chi connectivity index (χ2v) is 6.04. The van der Waals surface area contributed by atoms with Crippen molar-refractivity contribution in [2.24, 2.45) is 0 Å². The van der Waals surface area contributed by atoms with Crippen molar-refractivity contribution in [3.8, 4) is 0 Å². The van der Waals surface area contributed by atoms with Gasteiger partial charge in [0.1, 0.15) is 0 Å². The molecule has 0 unspecified atom stereocenters. The predicted octanol–water partition coefficient (Wildman–Crippen LogP) is 2.36. The molecule has 4 nitrogen and oxygen atoms in total. The van der Waals surface area contributed by atoms with E-state index in [0.29, 0.717) is 22.8 Å². The quantitative estimate of drug-likeness (QED) is 0.506. The normalized spacial score (nSPS) is 15.0. The summed E-state index contributed by atoms with van der Waals surface area (Å²) < 4.78 is 0. The molecule has 0 heterocycles. The second-order valence-electron chi connectivity index (χ2n) is 5.23. The molecular weight excluding hydrogens is 300 g/mol. The molecule has 0 saturated heterocycles. The molecule has 114 valence electrons. The van der Waals surface area contributed by atoms with E-state index in [1.807, 2.05) is 18.2 Å². The maximum absolute atomic E-state index is 5.26. The SMILES string of the molecule is S=C(NCc1ccccc1)NNC(=S)NC1CCCCC1. The molecule has 4 N–H and O–H groups in total. The van der Waals surface area contributed by atoms with E-state index in [9.17, 15) is 0 Å². The Kier molecular flexibility index (Phi) is 6.69. The van der Waals surface area contributed by atoms with E-state index >= 15 is 0 Å². The molecule has 1 fully saturated rings. The molecule has 1 aromatic carbocycles. The summed E-state index contributed by atoms with van der Waals surface area (Å²) in [6.45, 7) is 0.692. The van der Waals surface area contributed by atoms with Gasteiger partial charge in [0.2, 0.25) is 0 Å². The van der Waals surface area contributed by atoms with Crippen LogP contribution >= 0.6 is 24.4 Å². The third-order valence-electron chi connectivity index (χ3n) is 3.53. The van der Waals surface area contributed by atoms with Gasteiger partial charge in [0.25, 0.3) is 0 Å². The van der Waals surface area contributed by atoms with E-state index in [1.165, 1.54) is 37.7 Å². The van der Waals surface area contributed by atoms with Crippen molar-refractivity contribution in [3.63, 3.8) is 0 Å². The highest BCUT2D eigenvalue weighted by Gasteiger charge is 2.13. The van der Waals surface area contributed by atoms with Crippen LogP contribution in [0.3, 0.4) is 0 Å². The Morgan fingerprint density at radius 3 is 2.33 bits per heavy atom. The average molecular weight is 323 g/mol. The molecule has 0 amide bonds. The van der Waals surface area contributed by atoms with Gasteiger partial charge in [-0.3, -0.25) is 10.9 Å². The fourth-order valence-corrected chi connectivity index (χ4v) is 2.75. The lowest BCUT2D eigenvalue weighted by molar-refractivity contribution is 0.411. The molecule has 6 heteroatoms. The van der Waals surface area contributed by atoms with Crippen molar-refractivity contribution in [2.75, 3.05) is 0 Å². The lowest BCUT2D eigenvalue weighted by Gasteiger charge is -2.24. The summed E-state index contributed by atoms with van der Waals surface area (Å²) in [4.78, 5) is 0. The molecule has 2 rings (SSSR count). The molecule has 1 saturated carbocycles. The van der Waals surface area contributed by atoms with Gasteiger partial charge in [0.05, 0.1) is 0 Å². The number of thiocarbonyl (C=S) groups is 2. The minimum atomic E-state index is 0.492. The summed E-state index contributed by atoms with van der Waals surface area (Å²) in [7, 11) is 0. The van der Waals surface area contributed by atoms with Gasteiger partial charge in [0, 0.05) is 12.6 Å². The molecule has 0 atom stereocenters. The van der Waals surface area contributed by atoms with Crippen LogP contribution in [0.2, 0.25) is 0 Å². The van der Waals surface area contributed by atoms with Crippen molar-refractivity contribution in [2.45, 2.75) is 44.7 Å². The van der Waals surface area contributed by atoms with Crippen LogP contribution in [0.5, 0.6) is 0 Å². The Morgan fingerprint density at radius 2 is 1.62 bits per heavy atom. The van der Waals surface area contributed by atoms with Gasteiger partial charge in [-0.05, 0) is 42.8 Å². The summed E-state index contributed by atoms with van der Waals surface area (Å²) in [5.74, 6) is 0. The standard InChI is InChI=1S/C15H22N4S2/c20-14(16-11-12-7-3-1-4-8-12)18-19-15(21)17-13-9-5-2-6-10-13/h1,3-4,7-8,13H,2,5-6,9-11H2,(H2,16,18,20)(H2,17,19,21). The molecule has 1 aromatic rings. The number of nitrogens with one attached hydrogen (secondary N) is 4. The zero-order chi connectivity index (χ0) is 14.9. The van der Waals surface area contributed by atoms with Gasteiger partial charge in [-0.1, -0.05) is 49.6 Å². The summed E-state index contributed by atoms with van der Waals surface area (Å²) in [5.41, 5.74) is 7.03. The summed E-state index contributed by atoms with van der Waals surface area (Å²) in [6, 6.07) is 10.6. The highest BCUT2D eigenvalue weighted by Crippen LogP contribution is 2.16. The molecule has 0 aromatic heterocycles. The van der Waals surface area contributed by atoms with E-state index in [0.717, 1.165) is 0 Å². The lowest BCUT2D eigenvalue weighted by Crippen LogP contribution is -2.52. The Balaban J connectivity index is 1.60. The first-order chi connectivity index (χ1) is 10.2. The lowest BCUT2D eigenvalue weighted by atomic mass is 9.96. The van der Waals surface area contributed by atoms with Gasteiger partial charge in [-0.25, -0.2) is 0 Å². The second kappa shape index (κ2) is 8.79. The Bertz CT molecular complexity index is 458. The first-order valence-electron chi connectivity index (χ1n) is 7.38. The smallest absolute Gasteiger partial charge is 0.185 e. The number of rotatable bonds is 3. The maximum atomic E-state index is 5.26. The summed E-state index contributed by atoms with van der Waals surface area (Å²) >= 11 is 10.5. The zero-order valence-electron chi connectivity index (χ0n) is 12.0. The van der Waals surface area contributed by atoms with Crippen LogP contribution in [0.25, 0.3) is 0 Å². The maximum Gasteiger partial charge on any atom is 0.185 e. The Hall–Kier alpha value is -1.40. The molecule has 1 aliphatic carbocycles. The molecule has 0 spiro atoms. The highest BCUT2D eigenvalue weighted by molar-refractivity contribution is 7.80. The molecule has 0 radical (unpaired) electrons. The van der Waals surface area contributed by atoms with Crippen LogP contribution in [0.15, 0.2) is 30.3 Å². The summed E-state index contributed by atoms with van der Waals surface area (Å²) in [6.07, 6.45) is 6.29. The number of benzene rings is 1. The van der Waals surface area contributed by atoms with Crippen molar-refractivity contribution in [3.05, 3.63) is 35.9 Å². The van der Waals surface area contributed by atoms with E-state index < -0.39 is 0 Å².